The summed E-state index contributed by atoms with van der Waals surface area (Å²) >= 11 is 0. The van der Waals surface area contributed by atoms with E-state index in [9.17, 15) is 4.79 Å². The molecule has 0 radical (unpaired) electrons. The highest BCUT2D eigenvalue weighted by Crippen LogP contribution is 2.11. The molecule has 2 N–H and O–H groups in total. The number of hydrogen-bond acceptors (Lipinski definition) is 3. The van der Waals surface area contributed by atoms with Crippen molar-refractivity contribution in [1.29, 1.82) is 0 Å². The molecule has 1 amide bonds. The Morgan fingerprint density at radius 2 is 2.39 bits per heavy atom. The summed E-state index contributed by atoms with van der Waals surface area (Å²) in [5.74, 6) is -0.0152. The molecule has 1 saturated heterocycles. The summed E-state index contributed by atoms with van der Waals surface area (Å²) in [5.41, 5.74) is 1.99. The van der Waals surface area contributed by atoms with Gasteiger partial charge < -0.3 is 15.4 Å². The van der Waals surface area contributed by atoms with E-state index in [1.807, 2.05) is 31.2 Å². The molecular weight excluding hydrogens is 228 g/mol. The van der Waals surface area contributed by atoms with E-state index < -0.39 is 0 Å². The van der Waals surface area contributed by atoms with Crippen LogP contribution in [0.3, 0.4) is 0 Å². The minimum absolute atomic E-state index is 0.0152. The van der Waals surface area contributed by atoms with Crippen molar-refractivity contribution in [3.63, 3.8) is 0 Å². The lowest BCUT2D eigenvalue weighted by molar-refractivity contribution is -0.115. The Morgan fingerprint density at radius 1 is 1.50 bits per heavy atom. The van der Waals surface area contributed by atoms with Gasteiger partial charge in [-0.2, -0.15) is 0 Å². The van der Waals surface area contributed by atoms with Crippen LogP contribution in [-0.2, 0) is 9.53 Å². The lowest BCUT2D eigenvalue weighted by Gasteiger charge is -2.11. The predicted molar refractivity (Wildman–Crippen MR) is 71.7 cm³/mol. The number of anilines is 1. The summed E-state index contributed by atoms with van der Waals surface area (Å²) in [5, 5.41) is 5.99. The number of amides is 1. The minimum Gasteiger partial charge on any atom is -0.377 e. The maximum absolute atomic E-state index is 11.7. The molecule has 0 aromatic heterocycles. The number of nitrogens with one attached hydrogen (secondary N) is 2. The van der Waals surface area contributed by atoms with Crippen LogP contribution in [0.4, 0.5) is 5.69 Å². The average Bonchev–Trinajstić information content (AvgIpc) is 2.82. The third-order valence-electron chi connectivity index (χ3n) is 2.98. The maximum Gasteiger partial charge on any atom is 0.238 e. The molecule has 18 heavy (non-hydrogen) atoms. The van der Waals surface area contributed by atoms with Crippen LogP contribution in [0.1, 0.15) is 18.4 Å². The number of hydrogen-bond donors (Lipinski definition) is 2. The quantitative estimate of drug-likeness (QED) is 0.834. The number of benzene rings is 1. The standard InChI is InChI=1S/C14H20N2O2/c1-11-4-2-5-12(8-11)16-14(17)10-15-9-13-6-3-7-18-13/h2,4-5,8,13,15H,3,6-7,9-10H2,1H3,(H,16,17)/t13-/m1/s1. The van der Waals surface area contributed by atoms with Crippen molar-refractivity contribution in [3.8, 4) is 0 Å². The van der Waals surface area contributed by atoms with Gasteiger partial charge in [-0.05, 0) is 37.5 Å². The van der Waals surface area contributed by atoms with E-state index in [1.54, 1.807) is 0 Å². The minimum atomic E-state index is -0.0152. The van der Waals surface area contributed by atoms with E-state index in [0.717, 1.165) is 37.2 Å². The Bertz CT molecular complexity index is 401. The monoisotopic (exact) mass is 248 g/mol. The molecule has 1 aliphatic heterocycles. The van der Waals surface area contributed by atoms with Crippen molar-refractivity contribution in [2.24, 2.45) is 0 Å². The van der Waals surface area contributed by atoms with Crippen LogP contribution in [0.2, 0.25) is 0 Å². The highest BCUT2D eigenvalue weighted by molar-refractivity contribution is 5.92. The predicted octanol–water partition coefficient (Wildman–Crippen LogP) is 1.70. The van der Waals surface area contributed by atoms with Crippen molar-refractivity contribution >= 4 is 11.6 Å². The summed E-state index contributed by atoms with van der Waals surface area (Å²) in [6.07, 6.45) is 2.49. The zero-order chi connectivity index (χ0) is 12.8. The van der Waals surface area contributed by atoms with Crippen LogP contribution in [0.15, 0.2) is 24.3 Å². The molecule has 0 bridgehead atoms. The molecule has 4 nitrogen and oxygen atoms in total. The summed E-state index contributed by atoms with van der Waals surface area (Å²) in [6, 6.07) is 7.79. The normalized spacial score (nSPS) is 18.8. The first-order valence-corrected chi connectivity index (χ1v) is 6.43. The van der Waals surface area contributed by atoms with Gasteiger partial charge >= 0.3 is 0 Å². The third kappa shape index (κ3) is 4.13. The van der Waals surface area contributed by atoms with Crippen LogP contribution in [-0.4, -0.2) is 31.7 Å². The molecule has 1 aromatic rings. The fourth-order valence-corrected chi connectivity index (χ4v) is 2.08. The first-order chi connectivity index (χ1) is 8.74. The van der Waals surface area contributed by atoms with E-state index in [-0.39, 0.29) is 12.0 Å². The van der Waals surface area contributed by atoms with Crippen LogP contribution in [0, 0.1) is 6.92 Å². The molecule has 0 unspecified atom stereocenters. The van der Waals surface area contributed by atoms with Crippen LogP contribution >= 0.6 is 0 Å². The smallest absolute Gasteiger partial charge is 0.238 e. The lowest BCUT2D eigenvalue weighted by Crippen LogP contribution is -2.33. The van der Waals surface area contributed by atoms with Crippen molar-refractivity contribution in [2.75, 3.05) is 25.0 Å². The molecule has 1 heterocycles. The Balaban J connectivity index is 1.68. The van der Waals surface area contributed by atoms with Crippen LogP contribution in [0.5, 0.6) is 0 Å². The molecule has 1 fully saturated rings. The van der Waals surface area contributed by atoms with Gasteiger partial charge in [0.2, 0.25) is 5.91 Å². The number of aryl methyl sites for hydroxylation is 1. The molecule has 0 aliphatic carbocycles. The molecular formula is C14H20N2O2. The first kappa shape index (κ1) is 13.1. The second kappa shape index (κ2) is 6.52. The van der Waals surface area contributed by atoms with Gasteiger partial charge in [0, 0.05) is 18.8 Å². The molecule has 4 heteroatoms. The Kier molecular flexibility index (Phi) is 4.73. The third-order valence-corrected chi connectivity index (χ3v) is 2.98. The fourth-order valence-electron chi connectivity index (χ4n) is 2.08. The SMILES string of the molecule is Cc1cccc(NC(=O)CNC[C@H]2CCCO2)c1. The zero-order valence-electron chi connectivity index (χ0n) is 10.7. The lowest BCUT2D eigenvalue weighted by atomic mass is 10.2. The van der Waals surface area contributed by atoms with Crippen molar-refractivity contribution in [1.82, 2.24) is 5.32 Å². The highest BCUT2D eigenvalue weighted by atomic mass is 16.5. The van der Waals surface area contributed by atoms with Crippen molar-refractivity contribution < 1.29 is 9.53 Å². The number of carbonyl (C=O) groups excluding carboxylic acids is 1. The Morgan fingerprint density at radius 3 is 3.11 bits per heavy atom. The summed E-state index contributed by atoms with van der Waals surface area (Å²) in [4.78, 5) is 11.7. The van der Waals surface area contributed by atoms with Gasteiger partial charge in [-0.25, -0.2) is 0 Å². The Labute approximate surface area is 108 Å². The van der Waals surface area contributed by atoms with Gasteiger partial charge in [-0.3, -0.25) is 4.79 Å². The highest BCUT2D eigenvalue weighted by Gasteiger charge is 2.14. The Hall–Kier alpha value is -1.39. The van der Waals surface area contributed by atoms with Gasteiger partial charge in [0.1, 0.15) is 0 Å². The maximum atomic E-state index is 11.7. The van der Waals surface area contributed by atoms with E-state index >= 15 is 0 Å². The van der Waals surface area contributed by atoms with Crippen LogP contribution in [0.25, 0.3) is 0 Å². The summed E-state index contributed by atoms with van der Waals surface area (Å²) in [7, 11) is 0. The molecule has 2 rings (SSSR count). The molecule has 98 valence electrons. The molecule has 0 saturated carbocycles. The van der Waals surface area contributed by atoms with E-state index in [1.165, 1.54) is 0 Å². The van der Waals surface area contributed by atoms with Gasteiger partial charge in [0.15, 0.2) is 0 Å². The summed E-state index contributed by atoms with van der Waals surface area (Å²) in [6.45, 7) is 3.93. The van der Waals surface area contributed by atoms with E-state index in [4.69, 9.17) is 4.74 Å². The van der Waals surface area contributed by atoms with E-state index in [2.05, 4.69) is 10.6 Å². The topological polar surface area (TPSA) is 50.4 Å². The largest absolute Gasteiger partial charge is 0.377 e. The van der Waals surface area contributed by atoms with Gasteiger partial charge in [-0.1, -0.05) is 12.1 Å². The first-order valence-electron chi connectivity index (χ1n) is 6.43. The fraction of sp³-hybridized carbons (Fsp3) is 0.500. The molecule has 1 aliphatic rings. The van der Waals surface area contributed by atoms with Crippen molar-refractivity contribution in [2.45, 2.75) is 25.9 Å². The number of carbonyl (C=O) groups is 1. The number of rotatable bonds is 5. The van der Waals surface area contributed by atoms with Crippen LogP contribution < -0.4 is 10.6 Å². The second-order valence-corrected chi connectivity index (χ2v) is 4.68. The molecule has 0 spiro atoms. The molecule has 1 atom stereocenters. The number of ether oxygens (including phenoxy) is 1. The van der Waals surface area contributed by atoms with Gasteiger partial charge in [-0.15, -0.1) is 0 Å². The molecule has 1 aromatic carbocycles. The average molecular weight is 248 g/mol. The summed E-state index contributed by atoms with van der Waals surface area (Å²) < 4.78 is 5.47. The zero-order valence-corrected chi connectivity index (χ0v) is 10.7. The van der Waals surface area contributed by atoms with Gasteiger partial charge in [0.25, 0.3) is 0 Å². The van der Waals surface area contributed by atoms with Gasteiger partial charge in [0.05, 0.1) is 12.6 Å². The van der Waals surface area contributed by atoms with Crippen molar-refractivity contribution in [3.05, 3.63) is 29.8 Å². The van der Waals surface area contributed by atoms with E-state index in [0.29, 0.717) is 6.54 Å². The second-order valence-electron chi connectivity index (χ2n) is 4.68.